The summed E-state index contributed by atoms with van der Waals surface area (Å²) in [6.07, 6.45) is -4.99. The minimum absolute atomic E-state index is 0.153. The van der Waals surface area contributed by atoms with Crippen molar-refractivity contribution in [3.05, 3.63) is 32.2 Å². The zero-order chi connectivity index (χ0) is 18.2. The van der Waals surface area contributed by atoms with E-state index < -0.39 is 49.8 Å². The number of nitro groups is 1. The summed E-state index contributed by atoms with van der Waals surface area (Å²) in [6.45, 7) is 4.19. The quantitative estimate of drug-likeness (QED) is 0.291. The van der Waals surface area contributed by atoms with Gasteiger partial charge in [0.05, 0.1) is 10.5 Å². The third kappa shape index (κ3) is 3.68. The Morgan fingerprint density at radius 2 is 1.91 bits per heavy atom. The Morgan fingerprint density at radius 1 is 1.39 bits per heavy atom. The van der Waals surface area contributed by atoms with Crippen LogP contribution in [0.4, 0.5) is 18.2 Å². The third-order valence-electron chi connectivity index (χ3n) is 2.74. The summed E-state index contributed by atoms with van der Waals surface area (Å²) in [5.41, 5.74) is -4.75. The lowest BCUT2D eigenvalue weighted by atomic mass is 9.85. The molecule has 0 atom stereocenters. The van der Waals surface area contributed by atoms with Crippen molar-refractivity contribution in [3.8, 4) is 6.07 Å². The molecule has 1 N–H and O–H groups in total. The highest BCUT2D eigenvalue weighted by atomic mass is 32.1. The monoisotopic (exact) mass is 348 g/mol. The van der Waals surface area contributed by atoms with Gasteiger partial charge in [0.2, 0.25) is 0 Å². The predicted molar refractivity (Wildman–Crippen MR) is 75.6 cm³/mol. The summed E-state index contributed by atoms with van der Waals surface area (Å²) in [5, 5.41) is 29.4. The number of alkyl halides is 3. The van der Waals surface area contributed by atoms with E-state index in [0.29, 0.717) is 5.38 Å². The van der Waals surface area contributed by atoms with E-state index in [9.17, 15) is 33.2 Å². The molecule has 1 aromatic rings. The molecule has 0 fully saturated rings. The lowest BCUT2D eigenvalue weighted by molar-refractivity contribution is -0.380. The SMILES string of the molecule is CC(C)(C)C(=O)C(C#N)=C(O)c1c(C(F)(F)F)csc1[N+](=O)[O-]. The highest BCUT2D eigenvalue weighted by Crippen LogP contribution is 2.44. The van der Waals surface area contributed by atoms with Gasteiger partial charge in [-0.25, -0.2) is 0 Å². The molecule has 0 aliphatic carbocycles. The summed E-state index contributed by atoms with van der Waals surface area (Å²) >= 11 is 0.153. The second kappa shape index (κ2) is 6.00. The fourth-order valence-corrected chi connectivity index (χ4v) is 2.52. The molecule has 124 valence electrons. The lowest BCUT2D eigenvalue weighted by Gasteiger charge is -2.16. The van der Waals surface area contributed by atoms with Crippen molar-refractivity contribution in [1.29, 1.82) is 5.26 Å². The van der Waals surface area contributed by atoms with Crippen LogP contribution in [0.1, 0.15) is 31.9 Å². The van der Waals surface area contributed by atoms with Crippen molar-refractivity contribution in [1.82, 2.24) is 0 Å². The second-order valence-electron chi connectivity index (χ2n) is 5.50. The number of allylic oxidation sites excluding steroid dienone is 1. The number of Topliss-reactive ketones (excluding diaryl/α,β-unsaturated/α-hetero) is 1. The van der Waals surface area contributed by atoms with Crippen molar-refractivity contribution >= 4 is 27.9 Å². The molecule has 6 nitrogen and oxygen atoms in total. The molecule has 0 saturated heterocycles. The highest BCUT2D eigenvalue weighted by Gasteiger charge is 2.42. The average Bonchev–Trinajstić information content (AvgIpc) is 2.82. The average molecular weight is 348 g/mol. The van der Waals surface area contributed by atoms with Gasteiger partial charge in [-0.15, -0.1) is 0 Å². The molecule has 0 aromatic carbocycles. The van der Waals surface area contributed by atoms with Crippen LogP contribution in [0.25, 0.3) is 5.76 Å². The molecule has 10 heteroatoms. The molecule has 1 rings (SSSR count). The van der Waals surface area contributed by atoms with Crippen molar-refractivity contribution in [2.24, 2.45) is 5.41 Å². The van der Waals surface area contributed by atoms with Gasteiger partial charge in [-0.2, -0.15) is 18.4 Å². The number of ketones is 1. The third-order valence-corrected chi connectivity index (χ3v) is 3.67. The number of halogens is 3. The van der Waals surface area contributed by atoms with E-state index in [1.165, 1.54) is 26.8 Å². The highest BCUT2D eigenvalue weighted by molar-refractivity contribution is 7.13. The number of hydrogen-bond acceptors (Lipinski definition) is 6. The van der Waals surface area contributed by atoms with E-state index in [-0.39, 0.29) is 11.3 Å². The molecule has 0 spiro atoms. The van der Waals surface area contributed by atoms with Gasteiger partial charge < -0.3 is 5.11 Å². The molecule has 0 radical (unpaired) electrons. The molecule has 1 heterocycles. The zero-order valence-electron chi connectivity index (χ0n) is 12.2. The Morgan fingerprint density at radius 3 is 2.26 bits per heavy atom. The maximum absolute atomic E-state index is 13.0. The molecule has 1 aromatic heterocycles. The van der Waals surface area contributed by atoms with Gasteiger partial charge in [0.1, 0.15) is 17.2 Å². The van der Waals surface area contributed by atoms with Crippen LogP contribution in [-0.4, -0.2) is 15.8 Å². The predicted octanol–water partition coefficient (Wildman–Crippen LogP) is 4.08. The van der Waals surface area contributed by atoms with Crippen LogP contribution in [0.5, 0.6) is 0 Å². The minimum Gasteiger partial charge on any atom is -0.505 e. The number of thiophene rings is 1. The molecule has 0 bridgehead atoms. The number of nitrogens with zero attached hydrogens (tertiary/aromatic N) is 2. The van der Waals surface area contributed by atoms with Crippen LogP contribution in [0, 0.1) is 26.9 Å². The molecule has 23 heavy (non-hydrogen) atoms. The van der Waals surface area contributed by atoms with E-state index in [2.05, 4.69) is 0 Å². The van der Waals surface area contributed by atoms with Crippen molar-refractivity contribution in [2.45, 2.75) is 26.9 Å². The Labute approximate surface area is 132 Å². The molecule has 0 saturated carbocycles. The van der Waals surface area contributed by atoms with Gasteiger partial charge >= 0.3 is 11.2 Å². The van der Waals surface area contributed by atoms with Crippen LogP contribution in [-0.2, 0) is 11.0 Å². The Balaban J connectivity index is 3.77. The van der Waals surface area contributed by atoms with Gasteiger partial charge in [-0.1, -0.05) is 32.1 Å². The van der Waals surface area contributed by atoms with E-state index in [1.54, 1.807) is 0 Å². The summed E-state index contributed by atoms with van der Waals surface area (Å²) in [4.78, 5) is 21.9. The molecule has 0 amide bonds. The first-order valence-electron chi connectivity index (χ1n) is 6.04. The van der Waals surface area contributed by atoms with Gasteiger partial charge in [-0.3, -0.25) is 14.9 Å². The van der Waals surface area contributed by atoms with Crippen LogP contribution in [0.15, 0.2) is 11.0 Å². The Hall–Kier alpha value is -2.41. The van der Waals surface area contributed by atoms with Crippen molar-refractivity contribution in [2.75, 3.05) is 0 Å². The molecule has 0 aliphatic rings. The van der Waals surface area contributed by atoms with Crippen molar-refractivity contribution in [3.63, 3.8) is 0 Å². The number of aliphatic hydroxyl groups excluding tert-OH is 1. The normalized spacial score (nSPS) is 13.3. The van der Waals surface area contributed by atoms with Crippen LogP contribution in [0.3, 0.4) is 0 Å². The number of carbonyl (C=O) groups excluding carboxylic acids is 1. The topological polar surface area (TPSA) is 104 Å². The molecular weight excluding hydrogens is 337 g/mol. The summed E-state index contributed by atoms with van der Waals surface area (Å²) in [5.74, 6) is -2.26. The molecule has 0 unspecified atom stereocenters. The fourth-order valence-electron chi connectivity index (χ4n) is 1.63. The smallest absolute Gasteiger partial charge is 0.418 e. The van der Waals surface area contributed by atoms with E-state index in [1.807, 2.05) is 0 Å². The van der Waals surface area contributed by atoms with E-state index in [0.717, 1.165) is 0 Å². The van der Waals surface area contributed by atoms with Crippen LogP contribution in [0.2, 0.25) is 0 Å². The number of aliphatic hydroxyl groups is 1. The summed E-state index contributed by atoms with van der Waals surface area (Å²) in [7, 11) is 0. The standard InChI is InChI=1S/C13H11F3N2O4S/c1-12(2,3)10(20)6(4-17)9(19)8-7(13(14,15)16)5-23-11(8)18(21)22/h5,19H,1-3H3. The minimum atomic E-state index is -4.99. The Kier molecular flexibility index (Phi) is 4.86. The van der Waals surface area contributed by atoms with Gasteiger partial charge in [0.15, 0.2) is 11.5 Å². The first-order valence-corrected chi connectivity index (χ1v) is 6.92. The maximum atomic E-state index is 13.0. The zero-order valence-corrected chi connectivity index (χ0v) is 13.0. The summed E-state index contributed by atoms with van der Waals surface area (Å²) < 4.78 is 38.9. The second-order valence-corrected chi connectivity index (χ2v) is 6.36. The number of hydrogen-bond donors (Lipinski definition) is 1. The number of nitriles is 1. The Bertz CT molecular complexity index is 736. The number of rotatable bonds is 3. The van der Waals surface area contributed by atoms with Gasteiger partial charge in [0.25, 0.3) is 0 Å². The first kappa shape index (κ1) is 18.6. The van der Waals surface area contributed by atoms with E-state index >= 15 is 0 Å². The lowest BCUT2D eigenvalue weighted by Crippen LogP contribution is -2.23. The largest absolute Gasteiger partial charge is 0.505 e. The van der Waals surface area contributed by atoms with Gasteiger partial charge in [0, 0.05) is 10.8 Å². The maximum Gasteiger partial charge on any atom is 0.418 e. The fraction of sp³-hybridized carbons (Fsp3) is 0.385. The molecular formula is C13H11F3N2O4S. The summed E-state index contributed by atoms with van der Waals surface area (Å²) in [6, 6.07) is 1.34. The van der Waals surface area contributed by atoms with Crippen LogP contribution < -0.4 is 0 Å². The van der Waals surface area contributed by atoms with Crippen LogP contribution >= 0.6 is 11.3 Å². The number of carbonyl (C=O) groups is 1. The van der Waals surface area contributed by atoms with Gasteiger partial charge in [-0.05, 0) is 0 Å². The first-order chi connectivity index (χ1) is 10.3. The molecule has 0 aliphatic heterocycles. The van der Waals surface area contributed by atoms with E-state index in [4.69, 9.17) is 5.26 Å². The van der Waals surface area contributed by atoms with Crippen molar-refractivity contribution < 1.29 is 28.0 Å².